The number of piperidine rings is 2. The zero-order valence-corrected chi connectivity index (χ0v) is 23.3. The van der Waals surface area contributed by atoms with Crippen molar-refractivity contribution in [3.8, 4) is 0 Å². The van der Waals surface area contributed by atoms with Crippen LogP contribution in [0.2, 0.25) is 10.0 Å². The average Bonchev–Trinajstić information content (AvgIpc) is 3.20. The van der Waals surface area contributed by atoms with Gasteiger partial charge >= 0.3 is 6.15 Å². The number of aromatic nitrogens is 4. The van der Waals surface area contributed by atoms with E-state index in [1.807, 2.05) is 29.9 Å². The van der Waals surface area contributed by atoms with Crippen LogP contribution < -0.4 is 4.90 Å². The monoisotopic (exact) mass is 544 g/mol. The molecule has 0 bridgehead atoms. The van der Waals surface area contributed by atoms with E-state index in [2.05, 4.69) is 30.6 Å². The molecule has 3 aromatic rings. The third kappa shape index (κ3) is 5.99. The van der Waals surface area contributed by atoms with Crippen molar-refractivity contribution in [3.05, 3.63) is 45.7 Å². The predicted octanol–water partition coefficient (Wildman–Crippen LogP) is 5.41. The van der Waals surface area contributed by atoms with Crippen LogP contribution in [0.3, 0.4) is 0 Å². The topological polar surface area (TPSA) is 84.2 Å². The highest BCUT2D eigenvalue weighted by molar-refractivity contribution is 6.35. The lowest BCUT2D eigenvalue weighted by Gasteiger charge is -2.45. The first-order valence-corrected chi connectivity index (χ1v) is 13.6. The van der Waals surface area contributed by atoms with Gasteiger partial charge in [-0.2, -0.15) is 14.7 Å². The van der Waals surface area contributed by atoms with Crippen LogP contribution in [0.15, 0.2) is 24.4 Å². The van der Waals surface area contributed by atoms with Gasteiger partial charge in [0.25, 0.3) is 0 Å². The minimum Gasteiger partial charge on any atom is -0.355 e. The molecule has 0 spiro atoms. The van der Waals surface area contributed by atoms with Gasteiger partial charge in [0.15, 0.2) is 5.65 Å². The first kappa shape index (κ1) is 27.5. The highest BCUT2D eigenvalue weighted by atomic mass is 35.5. The average molecular weight is 546 g/mol. The molecule has 1 aromatic carbocycles. The molecule has 0 radical (unpaired) electrons. The number of likely N-dealkylation sites (tertiary alicyclic amines) is 1. The van der Waals surface area contributed by atoms with E-state index in [4.69, 9.17) is 47.9 Å². The molecule has 2 aromatic heterocycles. The van der Waals surface area contributed by atoms with Crippen molar-refractivity contribution >= 4 is 46.3 Å². The quantitative estimate of drug-likeness (QED) is 0.433. The molecule has 2 aliphatic rings. The molecule has 0 aliphatic carbocycles. The number of aryl methyl sites for hydroxylation is 1. The predicted molar refractivity (Wildman–Crippen MR) is 145 cm³/mol. The Morgan fingerprint density at radius 2 is 1.86 bits per heavy atom. The van der Waals surface area contributed by atoms with Crippen LogP contribution in [-0.2, 0) is 9.59 Å². The maximum atomic E-state index is 8.12. The fourth-order valence-corrected chi connectivity index (χ4v) is 6.41. The van der Waals surface area contributed by atoms with E-state index < -0.39 is 0 Å². The number of rotatable bonds is 4. The maximum Gasteiger partial charge on any atom is 0.373 e. The number of fused-ring (bicyclic) bond motifs is 1. The second kappa shape index (κ2) is 11.9. The summed E-state index contributed by atoms with van der Waals surface area (Å²) in [6, 6.07) is 6.18. The van der Waals surface area contributed by atoms with Crippen molar-refractivity contribution in [3.63, 3.8) is 0 Å². The molecule has 2 fully saturated rings. The highest BCUT2D eigenvalue weighted by Gasteiger charge is 2.33. The molecule has 0 N–H and O–H groups in total. The van der Waals surface area contributed by atoms with Gasteiger partial charge in [-0.3, -0.25) is 4.90 Å². The van der Waals surface area contributed by atoms with Gasteiger partial charge in [0.1, 0.15) is 11.3 Å². The number of hydrogen-bond acceptors (Lipinski definition) is 7. The Balaban J connectivity index is 0.00000102. The van der Waals surface area contributed by atoms with Gasteiger partial charge < -0.3 is 4.90 Å². The lowest BCUT2D eigenvalue weighted by Crippen LogP contribution is -2.52. The highest BCUT2D eigenvalue weighted by Crippen LogP contribution is 2.32. The van der Waals surface area contributed by atoms with Gasteiger partial charge in [0.05, 0.1) is 17.9 Å². The molecule has 8 nitrogen and oxygen atoms in total. The Morgan fingerprint density at radius 3 is 2.54 bits per heavy atom. The molecule has 2 saturated heterocycles. The second-order valence-electron chi connectivity index (χ2n) is 10.4. The number of halogens is 2. The molecule has 0 amide bonds. The van der Waals surface area contributed by atoms with Crippen LogP contribution in [0.1, 0.15) is 57.3 Å². The zero-order valence-electron chi connectivity index (χ0n) is 21.8. The molecule has 2 aliphatic heterocycles. The summed E-state index contributed by atoms with van der Waals surface area (Å²) in [5.74, 6) is 2.34. The maximum absolute atomic E-state index is 8.12. The first-order valence-electron chi connectivity index (χ1n) is 12.9. The molecule has 4 atom stereocenters. The largest absolute Gasteiger partial charge is 0.373 e. The van der Waals surface area contributed by atoms with Crippen molar-refractivity contribution in [1.82, 2.24) is 24.6 Å². The van der Waals surface area contributed by atoms with Crippen LogP contribution in [0.4, 0.5) is 5.82 Å². The normalized spacial score (nSPS) is 23.3. The van der Waals surface area contributed by atoms with Crippen LogP contribution in [0, 0.1) is 18.8 Å². The molecule has 5 rings (SSSR count). The van der Waals surface area contributed by atoms with Crippen molar-refractivity contribution in [2.75, 3.05) is 31.1 Å². The van der Waals surface area contributed by atoms with Crippen molar-refractivity contribution in [2.24, 2.45) is 11.8 Å². The third-order valence-corrected chi connectivity index (χ3v) is 8.24. The fraction of sp³-hybridized carbons (Fsp3) is 0.556. The van der Waals surface area contributed by atoms with Gasteiger partial charge in [-0.15, -0.1) is 0 Å². The summed E-state index contributed by atoms with van der Waals surface area (Å²) in [6.07, 6.45) is 6.03. The van der Waals surface area contributed by atoms with Crippen molar-refractivity contribution in [2.45, 2.75) is 59.0 Å². The Morgan fingerprint density at radius 1 is 1.11 bits per heavy atom. The van der Waals surface area contributed by atoms with E-state index in [9.17, 15) is 0 Å². The molecule has 198 valence electrons. The Labute approximate surface area is 227 Å². The molecule has 37 heavy (non-hydrogen) atoms. The van der Waals surface area contributed by atoms with Gasteiger partial charge in [0, 0.05) is 35.7 Å². The summed E-state index contributed by atoms with van der Waals surface area (Å²) >= 11 is 12.6. The van der Waals surface area contributed by atoms with Crippen LogP contribution in [-0.4, -0.2) is 63.0 Å². The number of carbonyl (C=O) groups excluding carboxylic acids is 2. The first-order chi connectivity index (χ1) is 17.7. The number of hydrogen-bond donors (Lipinski definition) is 0. The summed E-state index contributed by atoms with van der Waals surface area (Å²) in [6.45, 7) is 13.3. The molecule has 4 heterocycles. The molecular weight excluding hydrogens is 511 g/mol. The number of anilines is 1. The van der Waals surface area contributed by atoms with Crippen LogP contribution >= 0.6 is 23.2 Å². The molecular formula is C27H34Cl2N6O2. The van der Waals surface area contributed by atoms with Crippen LogP contribution in [0.5, 0.6) is 0 Å². The summed E-state index contributed by atoms with van der Waals surface area (Å²) in [5.41, 5.74) is 3.48. The van der Waals surface area contributed by atoms with E-state index in [-0.39, 0.29) is 12.2 Å². The van der Waals surface area contributed by atoms with E-state index in [0.717, 1.165) is 47.2 Å². The minimum absolute atomic E-state index is 0.0868. The summed E-state index contributed by atoms with van der Waals surface area (Å²) < 4.78 is 1.95. The van der Waals surface area contributed by atoms with E-state index in [1.54, 1.807) is 6.07 Å². The smallest absolute Gasteiger partial charge is 0.355 e. The minimum atomic E-state index is -0.0868. The lowest BCUT2D eigenvalue weighted by atomic mass is 9.89. The second-order valence-corrected chi connectivity index (χ2v) is 11.2. The van der Waals surface area contributed by atoms with Gasteiger partial charge in [0.2, 0.25) is 0 Å². The number of nitrogens with zero attached hydrogens (tertiary/aromatic N) is 6. The molecule has 1 unspecified atom stereocenters. The summed E-state index contributed by atoms with van der Waals surface area (Å²) in [4.78, 5) is 31.2. The standard InChI is InChI=1S/C26H34Cl2N6.CO2/c1-16-6-5-10-32(14-16)23-9-11-33(15-17(23)2)24-13-29-25-18(3)31-34(26(25)30-24)19(4)21-8-7-20(27)12-22(21)28;2-1-3/h7-8,12-13,16-17,19,23H,5-6,9-11,14-15H2,1-4H3;/t16-,17-,19-,23?;/m1./s1. The SMILES string of the molecule is Cc1nn([C@H](C)c2ccc(Cl)cc2Cl)c2nc(N3CCC(N4CCC[C@@H](C)C4)[C@H](C)C3)cnc12.O=C=O. The van der Waals surface area contributed by atoms with Crippen molar-refractivity contribution in [1.29, 1.82) is 0 Å². The Bertz CT molecular complexity index is 1280. The van der Waals surface area contributed by atoms with Crippen LogP contribution in [0.25, 0.3) is 11.2 Å². The molecule has 10 heteroatoms. The van der Waals surface area contributed by atoms with E-state index in [1.165, 1.54) is 32.4 Å². The Hall–Kier alpha value is -2.51. The van der Waals surface area contributed by atoms with Gasteiger partial charge in [-0.05, 0) is 69.2 Å². The van der Waals surface area contributed by atoms with E-state index in [0.29, 0.717) is 22.0 Å². The third-order valence-electron chi connectivity index (χ3n) is 7.68. The van der Waals surface area contributed by atoms with Gasteiger partial charge in [-0.1, -0.05) is 43.1 Å². The fourth-order valence-electron chi connectivity index (χ4n) is 5.85. The lowest BCUT2D eigenvalue weighted by molar-refractivity contribution is -0.191. The zero-order chi connectivity index (χ0) is 26.7. The van der Waals surface area contributed by atoms with E-state index >= 15 is 0 Å². The number of benzene rings is 1. The summed E-state index contributed by atoms with van der Waals surface area (Å²) in [5, 5.41) is 6.04. The van der Waals surface area contributed by atoms with Crippen molar-refractivity contribution < 1.29 is 9.59 Å². The van der Waals surface area contributed by atoms with Gasteiger partial charge in [-0.25, -0.2) is 14.6 Å². The molecule has 0 saturated carbocycles. The Kier molecular flexibility index (Phi) is 8.86. The summed E-state index contributed by atoms with van der Waals surface area (Å²) in [7, 11) is 0.